The summed E-state index contributed by atoms with van der Waals surface area (Å²) in [6, 6.07) is 6.79. The Morgan fingerprint density at radius 3 is 2.50 bits per heavy atom. The van der Waals surface area contributed by atoms with Crippen molar-refractivity contribution in [2.24, 2.45) is 5.92 Å². The van der Waals surface area contributed by atoms with Gasteiger partial charge in [-0.15, -0.1) is 0 Å². The molecule has 3 rings (SSSR count). The Hall–Kier alpha value is -1.35. The van der Waals surface area contributed by atoms with E-state index in [-0.39, 0.29) is 5.91 Å². The molecular weight excluding hydrogens is 272 g/mol. The molecule has 0 spiro atoms. The molecule has 1 aromatic rings. The smallest absolute Gasteiger partial charge is 0.238 e. The van der Waals surface area contributed by atoms with Gasteiger partial charge in [-0.1, -0.05) is 31.0 Å². The van der Waals surface area contributed by atoms with Gasteiger partial charge in [0.15, 0.2) is 0 Å². The van der Waals surface area contributed by atoms with Crippen LogP contribution in [-0.2, 0) is 4.79 Å². The van der Waals surface area contributed by atoms with Gasteiger partial charge in [-0.25, -0.2) is 0 Å². The quantitative estimate of drug-likeness (QED) is 0.914. The van der Waals surface area contributed by atoms with Crippen LogP contribution in [0.25, 0.3) is 0 Å². The molecule has 1 aliphatic heterocycles. The maximum absolute atomic E-state index is 12.5. The maximum Gasteiger partial charge on any atom is 0.238 e. The minimum atomic E-state index is 0.141. The Labute approximate surface area is 134 Å². The van der Waals surface area contributed by atoms with Crippen molar-refractivity contribution in [2.75, 3.05) is 18.4 Å². The molecule has 1 saturated heterocycles. The Bertz CT molecular complexity index is 514. The van der Waals surface area contributed by atoms with Crippen molar-refractivity contribution < 1.29 is 4.79 Å². The van der Waals surface area contributed by atoms with Gasteiger partial charge >= 0.3 is 0 Å². The van der Waals surface area contributed by atoms with Gasteiger partial charge in [0.1, 0.15) is 0 Å². The molecule has 1 N–H and O–H groups in total. The number of para-hydroxylation sites is 1. The summed E-state index contributed by atoms with van der Waals surface area (Å²) in [6.45, 7) is 5.75. The predicted molar refractivity (Wildman–Crippen MR) is 91.1 cm³/mol. The number of hydrogen-bond acceptors (Lipinski definition) is 2. The van der Waals surface area contributed by atoms with Crippen LogP contribution in [-0.4, -0.2) is 29.9 Å². The SMILES string of the molecule is Cc1cccc(C)c1NC(=O)CN1CCCC1C1CCCC1. The van der Waals surface area contributed by atoms with Gasteiger partial charge in [-0.05, 0) is 63.1 Å². The van der Waals surface area contributed by atoms with E-state index in [1.54, 1.807) is 0 Å². The Morgan fingerprint density at radius 1 is 1.14 bits per heavy atom. The summed E-state index contributed by atoms with van der Waals surface area (Å²) >= 11 is 0. The van der Waals surface area contributed by atoms with E-state index in [0.717, 1.165) is 29.3 Å². The van der Waals surface area contributed by atoms with Gasteiger partial charge in [-0.3, -0.25) is 9.69 Å². The molecule has 1 atom stereocenters. The summed E-state index contributed by atoms with van der Waals surface area (Å²) in [7, 11) is 0. The molecule has 0 radical (unpaired) electrons. The first-order valence-electron chi connectivity index (χ1n) is 8.75. The Balaban J connectivity index is 1.61. The van der Waals surface area contributed by atoms with Crippen molar-refractivity contribution in [2.45, 2.75) is 58.4 Å². The summed E-state index contributed by atoms with van der Waals surface area (Å²) in [5.41, 5.74) is 3.27. The first-order chi connectivity index (χ1) is 10.6. The number of carbonyl (C=O) groups excluding carboxylic acids is 1. The van der Waals surface area contributed by atoms with Gasteiger partial charge in [-0.2, -0.15) is 0 Å². The lowest BCUT2D eigenvalue weighted by Gasteiger charge is -2.29. The number of anilines is 1. The van der Waals surface area contributed by atoms with Gasteiger partial charge in [0.2, 0.25) is 5.91 Å². The monoisotopic (exact) mass is 300 g/mol. The lowest BCUT2D eigenvalue weighted by molar-refractivity contribution is -0.117. The third-order valence-corrected chi connectivity index (χ3v) is 5.45. The molecule has 2 aliphatic rings. The van der Waals surface area contributed by atoms with Crippen LogP contribution in [0.1, 0.15) is 49.7 Å². The summed E-state index contributed by atoms with van der Waals surface area (Å²) in [6.07, 6.45) is 8.01. The minimum absolute atomic E-state index is 0.141. The van der Waals surface area contributed by atoms with Crippen LogP contribution in [0.5, 0.6) is 0 Å². The number of likely N-dealkylation sites (tertiary alicyclic amines) is 1. The van der Waals surface area contributed by atoms with Crippen LogP contribution in [0.2, 0.25) is 0 Å². The third-order valence-electron chi connectivity index (χ3n) is 5.45. The van der Waals surface area contributed by atoms with Crippen LogP contribution in [0.15, 0.2) is 18.2 Å². The highest BCUT2D eigenvalue weighted by Crippen LogP contribution is 2.35. The lowest BCUT2D eigenvalue weighted by atomic mass is 9.96. The number of benzene rings is 1. The number of rotatable bonds is 4. The van der Waals surface area contributed by atoms with Crippen LogP contribution in [0.3, 0.4) is 0 Å². The topological polar surface area (TPSA) is 32.3 Å². The van der Waals surface area contributed by atoms with Gasteiger partial charge in [0.25, 0.3) is 0 Å². The molecule has 22 heavy (non-hydrogen) atoms. The number of hydrogen-bond donors (Lipinski definition) is 1. The van der Waals surface area contributed by atoms with Crippen LogP contribution < -0.4 is 5.32 Å². The van der Waals surface area contributed by atoms with Gasteiger partial charge in [0.05, 0.1) is 6.54 Å². The predicted octanol–water partition coefficient (Wildman–Crippen LogP) is 3.90. The second-order valence-electron chi connectivity index (χ2n) is 7.04. The number of nitrogens with zero attached hydrogens (tertiary/aromatic N) is 1. The molecule has 1 amide bonds. The molecule has 2 fully saturated rings. The zero-order valence-corrected chi connectivity index (χ0v) is 13.9. The molecule has 3 heteroatoms. The molecular formula is C19H28N2O. The van der Waals surface area contributed by atoms with E-state index < -0.39 is 0 Å². The summed E-state index contributed by atoms with van der Waals surface area (Å²) in [5, 5.41) is 3.14. The molecule has 1 saturated carbocycles. The summed E-state index contributed by atoms with van der Waals surface area (Å²) < 4.78 is 0. The third kappa shape index (κ3) is 3.35. The average molecular weight is 300 g/mol. The molecule has 1 aliphatic carbocycles. The lowest BCUT2D eigenvalue weighted by Crippen LogP contribution is -2.40. The maximum atomic E-state index is 12.5. The fraction of sp³-hybridized carbons (Fsp3) is 0.632. The van der Waals surface area contributed by atoms with E-state index in [2.05, 4.69) is 36.2 Å². The minimum Gasteiger partial charge on any atom is -0.324 e. The standard InChI is InChI=1S/C19H28N2O/c1-14-7-5-8-15(2)19(14)20-18(22)13-21-12-6-11-17(21)16-9-3-4-10-16/h5,7-8,16-17H,3-4,6,9-13H2,1-2H3,(H,20,22). The molecule has 1 heterocycles. The van der Waals surface area contributed by atoms with Crippen molar-refractivity contribution in [3.8, 4) is 0 Å². The van der Waals surface area contributed by atoms with Crippen molar-refractivity contribution in [3.63, 3.8) is 0 Å². The fourth-order valence-electron chi connectivity index (χ4n) is 4.30. The van der Waals surface area contributed by atoms with Crippen molar-refractivity contribution in [1.82, 2.24) is 4.90 Å². The largest absolute Gasteiger partial charge is 0.324 e. The van der Waals surface area contributed by atoms with Crippen LogP contribution in [0.4, 0.5) is 5.69 Å². The van der Waals surface area contributed by atoms with Gasteiger partial charge in [0, 0.05) is 11.7 Å². The zero-order chi connectivity index (χ0) is 15.5. The van der Waals surface area contributed by atoms with Gasteiger partial charge < -0.3 is 5.32 Å². The van der Waals surface area contributed by atoms with Crippen molar-refractivity contribution in [3.05, 3.63) is 29.3 Å². The fourth-order valence-corrected chi connectivity index (χ4v) is 4.30. The Kier molecular flexibility index (Phi) is 4.82. The van der Waals surface area contributed by atoms with E-state index in [0.29, 0.717) is 12.6 Å². The Morgan fingerprint density at radius 2 is 1.82 bits per heavy atom. The molecule has 3 nitrogen and oxygen atoms in total. The zero-order valence-electron chi connectivity index (χ0n) is 13.9. The number of aryl methyl sites for hydroxylation is 2. The number of carbonyl (C=O) groups is 1. The highest BCUT2D eigenvalue weighted by molar-refractivity contribution is 5.93. The van der Waals surface area contributed by atoms with Crippen LogP contribution >= 0.6 is 0 Å². The summed E-state index contributed by atoms with van der Waals surface area (Å²) in [5.74, 6) is 0.970. The average Bonchev–Trinajstić information content (AvgIpc) is 3.13. The first-order valence-corrected chi connectivity index (χ1v) is 8.75. The van der Waals surface area contributed by atoms with E-state index in [9.17, 15) is 4.79 Å². The molecule has 0 bridgehead atoms. The highest BCUT2D eigenvalue weighted by atomic mass is 16.2. The molecule has 0 aromatic heterocycles. The van der Waals surface area contributed by atoms with Crippen LogP contribution in [0, 0.1) is 19.8 Å². The van der Waals surface area contributed by atoms with E-state index >= 15 is 0 Å². The van der Waals surface area contributed by atoms with E-state index in [1.807, 2.05) is 6.07 Å². The van der Waals surface area contributed by atoms with Crippen molar-refractivity contribution >= 4 is 11.6 Å². The number of nitrogens with one attached hydrogen (secondary N) is 1. The van der Waals surface area contributed by atoms with Crippen molar-refractivity contribution in [1.29, 1.82) is 0 Å². The molecule has 120 valence electrons. The highest BCUT2D eigenvalue weighted by Gasteiger charge is 2.34. The first kappa shape index (κ1) is 15.5. The van der Waals surface area contributed by atoms with E-state index in [1.165, 1.54) is 38.5 Å². The van der Waals surface area contributed by atoms with E-state index in [4.69, 9.17) is 0 Å². The summed E-state index contributed by atoms with van der Waals surface area (Å²) in [4.78, 5) is 14.9. The molecule has 1 unspecified atom stereocenters. The number of amides is 1. The molecule has 1 aromatic carbocycles. The second kappa shape index (κ2) is 6.82. The second-order valence-corrected chi connectivity index (χ2v) is 7.04. The normalized spacial score (nSPS) is 23.1.